The van der Waals surface area contributed by atoms with Crippen molar-refractivity contribution in [2.45, 2.75) is 37.8 Å². The van der Waals surface area contributed by atoms with Gasteiger partial charge in [-0.15, -0.1) is 5.10 Å². The van der Waals surface area contributed by atoms with Crippen LogP contribution in [0.5, 0.6) is 0 Å². The van der Waals surface area contributed by atoms with Crippen molar-refractivity contribution in [2.75, 3.05) is 26.2 Å². The number of benzene rings is 1. The highest BCUT2D eigenvalue weighted by molar-refractivity contribution is 9.10. The molecule has 5 rings (SSSR count). The summed E-state index contributed by atoms with van der Waals surface area (Å²) in [7, 11) is 0. The second-order valence-corrected chi connectivity index (χ2v) is 9.44. The van der Waals surface area contributed by atoms with Crippen molar-refractivity contribution in [2.24, 2.45) is 5.41 Å². The van der Waals surface area contributed by atoms with Crippen molar-refractivity contribution in [1.29, 1.82) is 0 Å². The fraction of sp³-hybridized carbons (Fsp3) is 0.550. The minimum absolute atomic E-state index is 0.0342. The zero-order valence-electron chi connectivity index (χ0n) is 16.6. The number of urea groups is 1. The van der Waals surface area contributed by atoms with Crippen LogP contribution in [-0.2, 0) is 17.5 Å². The van der Waals surface area contributed by atoms with Gasteiger partial charge in [-0.25, -0.2) is 14.5 Å². The lowest BCUT2D eigenvalue weighted by atomic mass is 9.61. The summed E-state index contributed by atoms with van der Waals surface area (Å²) in [6, 6.07) is 5.35. The molecule has 3 aliphatic rings. The van der Waals surface area contributed by atoms with Crippen molar-refractivity contribution in [1.82, 2.24) is 24.6 Å². The number of carbonyl (C=O) groups excluding carboxylic acids is 1. The maximum Gasteiger partial charge on any atom is 0.416 e. The lowest BCUT2D eigenvalue weighted by Gasteiger charge is -2.59. The lowest BCUT2D eigenvalue weighted by molar-refractivity contribution is -0.137. The Morgan fingerprint density at radius 3 is 2.42 bits per heavy atom. The van der Waals surface area contributed by atoms with Crippen LogP contribution in [0.1, 0.15) is 30.0 Å². The summed E-state index contributed by atoms with van der Waals surface area (Å²) in [4.78, 5) is 20.3. The molecule has 1 aromatic heterocycles. The smallest absolute Gasteiger partial charge is 0.370 e. The number of hydrogen-bond acceptors (Lipinski definition) is 4. The van der Waals surface area contributed by atoms with E-state index in [4.69, 9.17) is 4.74 Å². The molecule has 1 saturated carbocycles. The van der Waals surface area contributed by atoms with E-state index in [0.29, 0.717) is 29.4 Å². The molecule has 1 aliphatic carbocycles. The quantitative estimate of drug-likeness (QED) is 0.643. The van der Waals surface area contributed by atoms with Crippen LogP contribution in [-0.4, -0.2) is 62.9 Å². The van der Waals surface area contributed by atoms with Crippen molar-refractivity contribution in [3.8, 4) is 0 Å². The number of alkyl halides is 3. The lowest BCUT2D eigenvalue weighted by Crippen LogP contribution is -2.68. The second kappa shape index (κ2) is 7.47. The first-order valence-corrected chi connectivity index (χ1v) is 10.9. The van der Waals surface area contributed by atoms with E-state index in [0.717, 1.165) is 38.1 Å². The molecular weight excluding hydrogens is 479 g/mol. The van der Waals surface area contributed by atoms with E-state index in [1.807, 2.05) is 9.58 Å². The third-order valence-corrected chi connectivity index (χ3v) is 6.76. The van der Waals surface area contributed by atoms with Gasteiger partial charge < -0.3 is 14.5 Å². The Bertz CT molecular complexity index is 960. The Hall–Kier alpha value is -2.14. The Kier molecular flexibility index (Phi) is 5.00. The zero-order valence-corrected chi connectivity index (χ0v) is 18.1. The molecule has 11 heteroatoms. The molecule has 0 atom stereocenters. The molecule has 0 unspecified atom stereocenters. The van der Waals surface area contributed by atoms with E-state index >= 15 is 0 Å². The molecule has 3 fully saturated rings. The number of nitrogens with zero attached hydrogens (tertiary/aromatic N) is 5. The van der Waals surface area contributed by atoms with Gasteiger partial charge in [0.25, 0.3) is 0 Å². The number of hydrogen-bond donors (Lipinski definition) is 0. The van der Waals surface area contributed by atoms with Crippen LogP contribution in [0.15, 0.2) is 35.3 Å². The molecular formula is C20H21BrF3N5O2. The predicted molar refractivity (Wildman–Crippen MR) is 107 cm³/mol. The normalized spacial score (nSPS) is 21.0. The van der Waals surface area contributed by atoms with Gasteiger partial charge >= 0.3 is 12.2 Å². The van der Waals surface area contributed by atoms with Crippen molar-refractivity contribution < 1.29 is 22.7 Å². The monoisotopic (exact) mass is 499 g/mol. The molecule has 2 aliphatic heterocycles. The van der Waals surface area contributed by atoms with E-state index < -0.39 is 11.7 Å². The summed E-state index contributed by atoms with van der Waals surface area (Å²) in [6.07, 6.45) is -0.678. The average Bonchev–Trinajstić information content (AvgIpc) is 3.03. The molecule has 0 bridgehead atoms. The number of carbonyl (C=O) groups is 1. The van der Waals surface area contributed by atoms with Crippen LogP contribution in [0.3, 0.4) is 0 Å². The van der Waals surface area contributed by atoms with Gasteiger partial charge in [-0.1, -0.05) is 12.1 Å². The first-order chi connectivity index (χ1) is 14.7. The van der Waals surface area contributed by atoms with Gasteiger partial charge in [0.1, 0.15) is 6.33 Å². The van der Waals surface area contributed by atoms with Crippen LogP contribution < -0.4 is 0 Å². The zero-order chi connectivity index (χ0) is 21.8. The average molecular weight is 500 g/mol. The van der Waals surface area contributed by atoms with E-state index in [2.05, 4.69) is 26.0 Å². The fourth-order valence-electron chi connectivity index (χ4n) is 4.62. The highest BCUT2D eigenvalue weighted by Crippen LogP contribution is 2.54. The van der Waals surface area contributed by atoms with Crippen LogP contribution >= 0.6 is 15.9 Å². The van der Waals surface area contributed by atoms with Gasteiger partial charge in [0.05, 0.1) is 37.4 Å². The maximum absolute atomic E-state index is 12.6. The molecule has 1 aromatic carbocycles. The predicted octanol–water partition coefficient (Wildman–Crippen LogP) is 3.72. The molecule has 1 spiro atoms. The maximum atomic E-state index is 12.6. The molecule has 2 saturated heterocycles. The SMILES string of the molecule is O=C(N1CC(OCc2ccc(C(F)(F)F)cc2)C1)N1CC2(CC(n3cnc(Br)n3)C2)C1. The highest BCUT2D eigenvalue weighted by Gasteiger charge is 2.55. The molecule has 3 heterocycles. The third kappa shape index (κ3) is 4.05. The van der Waals surface area contributed by atoms with Gasteiger partial charge in [0.2, 0.25) is 4.73 Å². The molecule has 2 aromatic rings. The first kappa shape index (κ1) is 20.7. The van der Waals surface area contributed by atoms with E-state index in [9.17, 15) is 18.0 Å². The van der Waals surface area contributed by atoms with Crippen molar-refractivity contribution >= 4 is 22.0 Å². The summed E-state index contributed by atoms with van der Waals surface area (Å²) in [6.45, 7) is 2.80. The second-order valence-electron chi connectivity index (χ2n) is 8.73. The standard InChI is InChI=1S/C20H21BrF3N5O2/c21-17-25-12-29(26-17)15-5-19(6-15)10-28(11-19)18(30)27-7-16(8-27)31-9-13-1-3-14(4-2-13)20(22,23)24/h1-4,12,15-16H,5-11H2. The van der Waals surface area contributed by atoms with E-state index in [-0.39, 0.29) is 24.2 Å². The molecule has 31 heavy (non-hydrogen) atoms. The molecule has 0 N–H and O–H groups in total. The van der Waals surface area contributed by atoms with Crippen LogP contribution in [0.25, 0.3) is 0 Å². The van der Waals surface area contributed by atoms with Crippen molar-refractivity contribution in [3.63, 3.8) is 0 Å². The molecule has 166 valence electrons. The Morgan fingerprint density at radius 2 is 1.84 bits per heavy atom. The van der Waals surface area contributed by atoms with Gasteiger partial charge in [-0.3, -0.25) is 0 Å². The number of halogens is 4. The third-order valence-electron chi connectivity index (χ3n) is 6.40. The summed E-state index contributed by atoms with van der Waals surface area (Å²) >= 11 is 3.26. The number of amides is 2. The topological polar surface area (TPSA) is 63.5 Å². The van der Waals surface area contributed by atoms with Crippen LogP contribution in [0.2, 0.25) is 0 Å². The van der Waals surface area contributed by atoms with Gasteiger partial charge in [-0.05, 0) is 46.5 Å². The summed E-state index contributed by atoms with van der Waals surface area (Å²) in [5.41, 5.74) is 0.222. The van der Waals surface area contributed by atoms with Crippen LogP contribution in [0, 0.1) is 5.41 Å². The molecule has 7 nitrogen and oxygen atoms in total. The van der Waals surface area contributed by atoms with Gasteiger partial charge in [-0.2, -0.15) is 13.2 Å². The van der Waals surface area contributed by atoms with Gasteiger partial charge in [0.15, 0.2) is 0 Å². The fourth-order valence-corrected chi connectivity index (χ4v) is 4.89. The Labute approximate surface area is 185 Å². The molecule has 2 amide bonds. The number of ether oxygens (including phenoxy) is 1. The summed E-state index contributed by atoms with van der Waals surface area (Å²) < 4.78 is 46.0. The number of aromatic nitrogens is 3. The Balaban J connectivity index is 1.02. The molecule has 0 radical (unpaired) electrons. The summed E-state index contributed by atoms with van der Waals surface area (Å²) in [5.74, 6) is 0. The highest BCUT2D eigenvalue weighted by atomic mass is 79.9. The summed E-state index contributed by atoms with van der Waals surface area (Å²) in [5, 5.41) is 4.29. The van der Waals surface area contributed by atoms with Crippen molar-refractivity contribution in [3.05, 3.63) is 46.5 Å². The Morgan fingerprint density at radius 1 is 1.16 bits per heavy atom. The van der Waals surface area contributed by atoms with Gasteiger partial charge in [0, 0.05) is 18.5 Å². The van der Waals surface area contributed by atoms with Crippen LogP contribution in [0.4, 0.5) is 18.0 Å². The number of rotatable bonds is 4. The largest absolute Gasteiger partial charge is 0.416 e. The first-order valence-electron chi connectivity index (χ1n) is 10.1. The minimum Gasteiger partial charge on any atom is -0.370 e. The van der Waals surface area contributed by atoms with E-state index in [1.165, 1.54) is 12.1 Å². The van der Waals surface area contributed by atoms with E-state index in [1.54, 1.807) is 11.2 Å². The minimum atomic E-state index is -4.34. The number of likely N-dealkylation sites (tertiary alicyclic amines) is 2.